The van der Waals surface area contributed by atoms with Crippen molar-refractivity contribution in [2.24, 2.45) is 0 Å². The molecule has 0 radical (unpaired) electrons. The first kappa shape index (κ1) is 17.6. The van der Waals surface area contributed by atoms with Gasteiger partial charge in [-0.05, 0) is 36.2 Å². The van der Waals surface area contributed by atoms with Crippen molar-refractivity contribution >= 4 is 11.6 Å². The van der Waals surface area contributed by atoms with Crippen LogP contribution in [0, 0.1) is 0 Å². The van der Waals surface area contributed by atoms with Crippen molar-refractivity contribution in [2.45, 2.75) is 20.0 Å². The molecule has 0 aliphatic rings. The highest BCUT2D eigenvalue weighted by atomic mass is 16.1. The summed E-state index contributed by atoms with van der Waals surface area (Å²) in [5.74, 6) is -0.188. The molecule has 1 aromatic carbocycles. The minimum absolute atomic E-state index is 0.188. The van der Waals surface area contributed by atoms with Crippen LogP contribution in [0.1, 0.15) is 28.5 Å². The standard InChI is InChI=1S/C21H22N4O/c1-2-25(16-17-7-4-3-5-8-17)19-10-12-23-20(13-19)21(26)24-15-18-9-6-11-22-14-18/h3-14H,2,15-16H2,1H3,(H,24,26). The van der Waals surface area contributed by atoms with E-state index < -0.39 is 0 Å². The Kier molecular flexibility index (Phi) is 5.93. The largest absolute Gasteiger partial charge is 0.367 e. The summed E-state index contributed by atoms with van der Waals surface area (Å²) in [6.07, 6.45) is 5.13. The zero-order chi connectivity index (χ0) is 18.2. The monoisotopic (exact) mass is 346 g/mol. The maximum absolute atomic E-state index is 12.4. The lowest BCUT2D eigenvalue weighted by molar-refractivity contribution is 0.0946. The molecule has 0 aliphatic carbocycles. The Morgan fingerprint density at radius 1 is 1.04 bits per heavy atom. The summed E-state index contributed by atoms with van der Waals surface area (Å²) in [6, 6.07) is 17.8. The molecule has 0 fully saturated rings. The Morgan fingerprint density at radius 3 is 2.58 bits per heavy atom. The quantitative estimate of drug-likeness (QED) is 0.712. The number of hydrogen-bond acceptors (Lipinski definition) is 4. The number of anilines is 1. The Morgan fingerprint density at radius 2 is 1.85 bits per heavy atom. The van der Waals surface area contributed by atoms with Gasteiger partial charge in [0, 0.05) is 43.9 Å². The number of pyridine rings is 2. The Balaban J connectivity index is 1.69. The van der Waals surface area contributed by atoms with Crippen molar-refractivity contribution in [3.63, 3.8) is 0 Å². The van der Waals surface area contributed by atoms with Gasteiger partial charge in [-0.2, -0.15) is 0 Å². The van der Waals surface area contributed by atoms with E-state index in [1.807, 2.05) is 42.5 Å². The second-order valence-electron chi connectivity index (χ2n) is 5.94. The molecule has 0 aliphatic heterocycles. The van der Waals surface area contributed by atoms with E-state index in [9.17, 15) is 4.79 Å². The number of amides is 1. The summed E-state index contributed by atoms with van der Waals surface area (Å²) in [6.45, 7) is 4.17. The van der Waals surface area contributed by atoms with Crippen LogP contribution in [0.15, 0.2) is 73.2 Å². The molecule has 132 valence electrons. The van der Waals surface area contributed by atoms with Crippen LogP contribution in [-0.2, 0) is 13.1 Å². The van der Waals surface area contributed by atoms with Gasteiger partial charge in [0.1, 0.15) is 5.69 Å². The first-order valence-electron chi connectivity index (χ1n) is 8.68. The van der Waals surface area contributed by atoms with Gasteiger partial charge in [-0.15, -0.1) is 0 Å². The summed E-state index contributed by atoms with van der Waals surface area (Å²) in [5, 5.41) is 2.89. The predicted molar refractivity (Wildman–Crippen MR) is 103 cm³/mol. The number of hydrogen-bond donors (Lipinski definition) is 1. The molecule has 0 saturated carbocycles. The van der Waals surface area contributed by atoms with E-state index in [2.05, 4.69) is 39.2 Å². The van der Waals surface area contributed by atoms with Crippen molar-refractivity contribution in [1.82, 2.24) is 15.3 Å². The van der Waals surface area contributed by atoms with Crippen molar-refractivity contribution in [1.29, 1.82) is 0 Å². The van der Waals surface area contributed by atoms with Crippen LogP contribution in [0.5, 0.6) is 0 Å². The molecule has 3 rings (SSSR count). The lowest BCUT2D eigenvalue weighted by Gasteiger charge is -2.23. The first-order valence-corrected chi connectivity index (χ1v) is 8.68. The van der Waals surface area contributed by atoms with Gasteiger partial charge in [-0.1, -0.05) is 36.4 Å². The Bertz CT molecular complexity index is 837. The van der Waals surface area contributed by atoms with Gasteiger partial charge in [-0.3, -0.25) is 14.8 Å². The Labute approximate surface area is 153 Å². The summed E-state index contributed by atoms with van der Waals surface area (Å²) < 4.78 is 0. The van der Waals surface area contributed by atoms with Crippen LogP contribution in [-0.4, -0.2) is 22.4 Å². The molecule has 26 heavy (non-hydrogen) atoms. The lowest BCUT2D eigenvalue weighted by Crippen LogP contribution is -2.25. The Hall–Kier alpha value is -3.21. The molecule has 5 heteroatoms. The molecule has 0 saturated heterocycles. The number of rotatable bonds is 7. The number of aromatic nitrogens is 2. The van der Waals surface area contributed by atoms with Crippen LogP contribution < -0.4 is 10.2 Å². The fourth-order valence-electron chi connectivity index (χ4n) is 2.71. The van der Waals surface area contributed by atoms with E-state index in [0.717, 1.165) is 24.3 Å². The van der Waals surface area contributed by atoms with Crippen molar-refractivity contribution < 1.29 is 4.79 Å². The second kappa shape index (κ2) is 8.76. The molecule has 0 atom stereocenters. The maximum Gasteiger partial charge on any atom is 0.270 e. The molecule has 0 bridgehead atoms. The number of benzene rings is 1. The molecular weight excluding hydrogens is 324 g/mol. The average molecular weight is 346 g/mol. The van der Waals surface area contributed by atoms with Crippen LogP contribution in [0.4, 0.5) is 5.69 Å². The zero-order valence-corrected chi connectivity index (χ0v) is 14.8. The number of nitrogens with zero attached hydrogens (tertiary/aromatic N) is 3. The van der Waals surface area contributed by atoms with Gasteiger partial charge >= 0.3 is 0 Å². The molecule has 1 amide bonds. The van der Waals surface area contributed by atoms with E-state index >= 15 is 0 Å². The molecule has 3 aromatic rings. The van der Waals surface area contributed by atoms with Crippen molar-refractivity contribution in [2.75, 3.05) is 11.4 Å². The molecule has 5 nitrogen and oxygen atoms in total. The summed E-state index contributed by atoms with van der Waals surface area (Å²) in [4.78, 5) is 22.9. The highest BCUT2D eigenvalue weighted by molar-refractivity contribution is 5.93. The van der Waals surface area contributed by atoms with E-state index in [1.165, 1.54) is 5.56 Å². The van der Waals surface area contributed by atoms with Gasteiger partial charge in [-0.25, -0.2) is 0 Å². The van der Waals surface area contributed by atoms with Gasteiger partial charge in [0.2, 0.25) is 0 Å². The van der Waals surface area contributed by atoms with Gasteiger partial charge in [0.05, 0.1) is 0 Å². The third kappa shape index (κ3) is 4.66. The number of carbonyl (C=O) groups is 1. The summed E-state index contributed by atoms with van der Waals surface area (Å²) in [7, 11) is 0. The minimum atomic E-state index is -0.188. The molecule has 2 heterocycles. The third-order valence-corrected chi connectivity index (χ3v) is 4.12. The topological polar surface area (TPSA) is 58.1 Å². The van der Waals surface area contributed by atoms with Gasteiger partial charge < -0.3 is 10.2 Å². The summed E-state index contributed by atoms with van der Waals surface area (Å²) >= 11 is 0. The first-order chi connectivity index (χ1) is 12.8. The van der Waals surface area contributed by atoms with Crippen LogP contribution in [0.25, 0.3) is 0 Å². The van der Waals surface area contributed by atoms with Gasteiger partial charge in [0.25, 0.3) is 5.91 Å². The predicted octanol–water partition coefficient (Wildman–Crippen LogP) is 3.43. The maximum atomic E-state index is 12.4. The molecule has 2 aromatic heterocycles. The van der Waals surface area contributed by atoms with E-state index in [4.69, 9.17) is 0 Å². The average Bonchev–Trinajstić information content (AvgIpc) is 2.72. The minimum Gasteiger partial charge on any atom is -0.367 e. The van der Waals surface area contributed by atoms with Crippen LogP contribution >= 0.6 is 0 Å². The summed E-state index contributed by atoms with van der Waals surface area (Å²) in [5.41, 5.74) is 3.58. The molecule has 0 spiro atoms. The van der Waals surface area contributed by atoms with Crippen LogP contribution in [0.3, 0.4) is 0 Å². The number of carbonyl (C=O) groups excluding carboxylic acids is 1. The smallest absolute Gasteiger partial charge is 0.270 e. The van der Waals surface area contributed by atoms with E-state index in [1.54, 1.807) is 18.6 Å². The fourth-order valence-corrected chi connectivity index (χ4v) is 2.71. The normalized spacial score (nSPS) is 10.3. The SMILES string of the molecule is CCN(Cc1ccccc1)c1ccnc(C(=O)NCc2cccnc2)c1. The lowest BCUT2D eigenvalue weighted by atomic mass is 10.2. The zero-order valence-electron chi connectivity index (χ0n) is 14.8. The fraction of sp³-hybridized carbons (Fsp3) is 0.190. The van der Waals surface area contributed by atoms with Crippen molar-refractivity contribution in [3.05, 3.63) is 90.0 Å². The highest BCUT2D eigenvalue weighted by Gasteiger charge is 2.11. The van der Waals surface area contributed by atoms with Crippen LogP contribution in [0.2, 0.25) is 0 Å². The second-order valence-corrected chi connectivity index (χ2v) is 5.94. The van der Waals surface area contributed by atoms with Crippen molar-refractivity contribution in [3.8, 4) is 0 Å². The van der Waals surface area contributed by atoms with E-state index in [0.29, 0.717) is 12.2 Å². The third-order valence-electron chi connectivity index (χ3n) is 4.12. The molecule has 1 N–H and O–H groups in total. The molecule has 0 unspecified atom stereocenters. The van der Waals surface area contributed by atoms with Gasteiger partial charge in [0.15, 0.2) is 0 Å². The highest BCUT2D eigenvalue weighted by Crippen LogP contribution is 2.17. The number of nitrogens with one attached hydrogen (secondary N) is 1. The molecular formula is C21H22N4O. The van der Waals surface area contributed by atoms with E-state index in [-0.39, 0.29) is 5.91 Å².